The molecular formula is C13H26ClNO. The molecule has 3 heteroatoms. The lowest BCUT2D eigenvalue weighted by atomic mass is 10.00. The highest BCUT2D eigenvalue weighted by Gasteiger charge is 2.15. The number of halogens is 1. The van der Waals surface area contributed by atoms with Gasteiger partial charge in [0.05, 0.1) is 0 Å². The van der Waals surface area contributed by atoms with Gasteiger partial charge in [-0.05, 0) is 45.2 Å². The number of ether oxygens (including phenoxy) is 1. The van der Waals surface area contributed by atoms with Gasteiger partial charge in [-0.25, -0.2) is 0 Å². The van der Waals surface area contributed by atoms with Crippen LogP contribution in [0.4, 0.5) is 0 Å². The fourth-order valence-electron chi connectivity index (χ4n) is 2.29. The van der Waals surface area contributed by atoms with Gasteiger partial charge in [-0.1, -0.05) is 12.8 Å². The fraction of sp³-hybridized carbons (Fsp3) is 1.00. The van der Waals surface area contributed by atoms with Gasteiger partial charge in [0.25, 0.3) is 0 Å². The first-order valence-electron chi connectivity index (χ1n) is 6.65. The Hall–Kier alpha value is 0.210. The van der Waals surface area contributed by atoms with Crippen molar-refractivity contribution in [2.24, 2.45) is 5.92 Å². The van der Waals surface area contributed by atoms with Crippen molar-refractivity contribution in [2.45, 2.75) is 38.5 Å². The van der Waals surface area contributed by atoms with Gasteiger partial charge in [-0.15, -0.1) is 11.6 Å². The predicted octanol–water partition coefficient (Wildman–Crippen LogP) is 3.14. The summed E-state index contributed by atoms with van der Waals surface area (Å²) in [5, 5.41) is 0. The molecule has 0 aromatic rings. The summed E-state index contributed by atoms with van der Waals surface area (Å²) in [6.07, 6.45) is 7.59. The Bertz CT molecular complexity index is 160. The van der Waals surface area contributed by atoms with E-state index < -0.39 is 0 Å². The van der Waals surface area contributed by atoms with Gasteiger partial charge < -0.3 is 9.64 Å². The number of hydrogen-bond acceptors (Lipinski definition) is 2. The second-order valence-electron chi connectivity index (χ2n) is 4.92. The van der Waals surface area contributed by atoms with Gasteiger partial charge in [-0.2, -0.15) is 0 Å². The third-order valence-corrected chi connectivity index (χ3v) is 3.60. The zero-order valence-electron chi connectivity index (χ0n) is 10.6. The molecule has 0 radical (unpaired) electrons. The Kier molecular flexibility index (Phi) is 8.26. The van der Waals surface area contributed by atoms with Crippen LogP contribution < -0.4 is 0 Å². The van der Waals surface area contributed by atoms with E-state index in [1.165, 1.54) is 51.6 Å². The van der Waals surface area contributed by atoms with Crippen molar-refractivity contribution in [1.82, 2.24) is 4.90 Å². The summed E-state index contributed by atoms with van der Waals surface area (Å²) in [6.45, 7) is 4.42. The summed E-state index contributed by atoms with van der Waals surface area (Å²) in [7, 11) is 2.25. The molecule has 0 amide bonds. The first-order valence-corrected chi connectivity index (χ1v) is 7.18. The molecule has 96 valence electrons. The molecule has 0 bridgehead atoms. The van der Waals surface area contributed by atoms with Crippen LogP contribution in [0, 0.1) is 5.92 Å². The van der Waals surface area contributed by atoms with Gasteiger partial charge >= 0.3 is 0 Å². The lowest BCUT2D eigenvalue weighted by Gasteiger charge is -2.27. The van der Waals surface area contributed by atoms with Crippen LogP contribution in [-0.4, -0.2) is 44.1 Å². The first-order chi connectivity index (χ1) is 7.83. The quantitative estimate of drug-likeness (QED) is 0.483. The summed E-state index contributed by atoms with van der Waals surface area (Å²) >= 11 is 5.65. The third-order valence-electron chi connectivity index (χ3n) is 3.33. The molecule has 1 heterocycles. The molecule has 0 aliphatic carbocycles. The number of alkyl halides is 1. The van der Waals surface area contributed by atoms with E-state index in [0.717, 1.165) is 25.0 Å². The maximum atomic E-state index is 5.65. The molecule has 0 saturated carbocycles. The molecule has 1 fully saturated rings. The van der Waals surface area contributed by atoms with Gasteiger partial charge in [0.1, 0.15) is 0 Å². The molecule has 0 N–H and O–H groups in total. The largest absolute Gasteiger partial charge is 0.381 e. The maximum absolute atomic E-state index is 5.65. The topological polar surface area (TPSA) is 12.5 Å². The minimum atomic E-state index is 0.817. The van der Waals surface area contributed by atoms with E-state index in [1.54, 1.807) is 0 Å². The van der Waals surface area contributed by atoms with Crippen molar-refractivity contribution in [3.05, 3.63) is 0 Å². The first kappa shape index (κ1) is 14.3. The van der Waals surface area contributed by atoms with E-state index in [9.17, 15) is 0 Å². The Balaban J connectivity index is 1.95. The van der Waals surface area contributed by atoms with Gasteiger partial charge in [-0.3, -0.25) is 0 Å². The molecule has 0 aromatic carbocycles. The molecule has 0 unspecified atom stereocenters. The monoisotopic (exact) mass is 247 g/mol. The molecule has 0 aromatic heterocycles. The van der Waals surface area contributed by atoms with Gasteiger partial charge in [0.2, 0.25) is 0 Å². The molecule has 16 heavy (non-hydrogen) atoms. The summed E-state index contributed by atoms with van der Waals surface area (Å²) < 4.78 is 5.38. The normalized spacial score (nSPS) is 18.2. The third kappa shape index (κ3) is 6.72. The highest BCUT2D eigenvalue weighted by molar-refractivity contribution is 6.17. The van der Waals surface area contributed by atoms with E-state index >= 15 is 0 Å². The zero-order valence-corrected chi connectivity index (χ0v) is 11.3. The second-order valence-corrected chi connectivity index (χ2v) is 5.30. The lowest BCUT2D eigenvalue weighted by molar-refractivity contribution is 0.0556. The van der Waals surface area contributed by atoms with Crippen molar-refractivity contribution in [3.63, 3.8) is 0 Å². The average molecular weight is 248 g/mol. The molecule has 1 aliphatic heterocycles. The van der Waals surface area contributed by atoms with E-state index in [-0.39, 0.29) is 0 Å². The number of rotatable bonds is 8. The van der Waals surface area contributed by atoms with Crippen molar-refractivity contribution in [3.8, 4) is 0 Å². The average Bonchev–Trinajstić information content (AvgIpc) is 2.30. The summed E-state index contributed by atoms with van der Waals surface area (Å²) in [5.74, 6) is 1.68. The molecule has 0 spiro atoms. The Morgan fingerprint density at radius 3 is 2.50 bits per heavy atom. The number of unbranched alkanes of at least 4 members (excludes halogenated alkanes) is 3. The standard InChI is InChI=1S/C13H26ClNO/c1-15(9-5-3-2-4-8-14)12-13-6-10-16-11-7-13/h13H,2-12H2,1H3. The van der Waals surface area contributed by atoms with E-state index in [2.05, 4.69) is 11.9 Å². The summed E-state index contributed by atoms with van der Waals surface area (Å²) in [4.78, 5) is 2.48. The van der Waals surface area contributed by atoms with Gasteiger partial charge in [0.15, 0.2) is 0 Å². The smallest absolute Gasteiger partial charge is 0.0469 e. The van der Waals surface area contributed by atoms with Crippen LogP contribution in [0.15, 0.2) is 0 Å². The highest BCUT2D eigenvalue weighted by atomic mass is 35.5. The van der Waals surface area contributed by atoms with Crippen molar-refractivity contribution in [2.75, 3.05) is 39.2 Å². The fourth-order valence-corrected chi connectivity index (χ4v) is 2.48. The summed E-state index contributed by atoms with van der Waals surface area (Å²) in [5.41, 5.74) is 0. The van der Waals surface area contributed by atoms with Crippen LogP contribution in [0.25, 0.3) is 0 Å². The Morgan fingerprint density at radius 1 is 1.12 bits per heavy atom. The van der Waals surface area contributed by atoms with Crippen molar-refractivity contribution in [1.29, 1.82) is 0 Å². The molecule has 1 saturated heterocycles. The molecule has 2 nitrogen and oxygen atoms in total. The summed E-state index contributed by atoms with van der Waals surface area (Å²) in [6, 6.07) is 0. The van der Waals surface area contributed by atoms with Crippen LogP contribution in [0.2, 0.25) is 0 Å². The van der Waals surface area contributed by atoms with Crippen LogP contribution in [0.5, 0.6) is 0 Å². The predicted molar refractivity (Wildman–Crippen MR) is 70.2 cm³/mol. The van der Waals surface area contributed by atoms with Crippen LogP contribution in [0.1, 0.15) is 38.5 Å². The minimum absolute atomic E-state index is 0.817. The molecular weight excluding hydrogens is 222 g/mol. The van der Waals surface area contributed by atoms with E-state index in [0.29, 0.717) is 0 Å². The van der Waals surface area contributed by atoms with Crippen LogP contribution >= 0.6 is 11.6 Å². The van der Waals surface area contributed by atoms with Crippen molar-refractivity contribution >= 4 is 11.6 Å². The lowest BCUT2D eigenvalue weighted by Crippen LogP contribution is -2.30. The molecule has 1 rings (SSSR count). The maximum Gasteiger partial charge on any atom is 0.0469 e. The number of nitrogens with zero attached hydrogens (tertiary/aromatic N) is 1. The SMILES string of the molecule is CN(CCCCCCCl)CC1CCOCC1. The Labute approximate surface area is 105 Å². The van der Waals surface area contributed by atoms with Crippen LogP contribution in [-0.2, 0) is 4.74 Å². The van der Waals surface area contributed by atoms with Crippen molar-refractivity contribution < 1.29 is 4.74 Å². The Morgan fingerprint density at radius 2 is 1.81 bits per heavy atom. The second kappa shape index (κ2) is 9.26. The van der Waals surface area contributed by atoms with Crippen LogP contribution in [0.3, 0.4) is 0 Å². The van der Waals surface area contributed by atoms with Gasteiger partial charge in [0, 0.05) is 25.6 Å². The highest BCUT2D eigenvalue weighted by Crippen LogP contribution is 2.15. The minimum Gasteiger partial charge on any atom is -0.381 e. The van der Waals surface area contributed by atoms with E-state index in [1.807, 2.05) is 0 Å². The van der Waals surface area contributed by atoms with E-state index in [4.69, 9.17) is 16.3 Å². The zero-order chi connectivity index (χ0) is 11.6. The molecule has 1 aliphatic rings. The molecule has 0 atom stereocenters. The number of hydrogen-bond donors (Lipinski definition) is 0.